The van der Waals surface area contributed by atoms with E-state index >= 15 is 4.57 Å². The fourth-order valence-corrected chi connectivity index (χ4v) is 9.33. The van der Waals surface area contributed by atoms with Crippen LogP contribution in [0.4, 0.5) is 0 Å². The second-order valence-corrected chi connectivity index (χ2v) is 13.4. The van der Waals surface area contributed by atoms with Crippen LogP contribution in [-0.4, -0.2) is 9.55 Å². The molecule has 0 saturated carbocycles. The molecule has 1 aromatic heterocycles. The first-order chi connectivity index (χ1) is 20.1. The fourth-order valence-electron chi connectivity index (χ4n) is 6.34. The molecule has 0 aliphatic carbocycles. The van der Waals surface area contributed by atoms with E-state index in [4.69, 9.17) is 4.98 Å². The van der Waals surface area contributed by atoms with Crippen LogP contribution in [0, 0.1) is 0 Å². The summed E-state index contributed by atoms with van der Waals surface area (Å²) in [4.78, 5) is 4.98. The molecule has 4 heteroatoms. The zero-order valence-corrected chi connectivity index (χ0v) is 23.6. The average molecular weight is 547 g/mol. The molecule has 196 valence electrons. The minimum atomic E-state index is -3.11. The molecule has 7 aromatic rings. The number of imidazole rings is 1. The molecule has 3 nitrogen and oxygen atoms in total. The summed E-state index contributed by atoms with van der Waals surface area (Å²) in [5.41, 5.74) is 7.49. The van der Waals surface area contributed by atoms with Crippen LogP contribution in [0.1, 0.15) is 12.7 Å². The van der Waals surface area contributed by atoms with Gasteiger partial charge in [-0.2, -0.15) is 0 Å². The molecule has 1 unspecified atom stereocenters. The molecular weight excluding hydrogens is 519 g/mol. The molecule has 0 spiro atoms. The van der Waals surface area contributed by atoms with E-state index in [-0.39, 0.29) is 0 Å². The van der Waals surface area contributed by atoms with E-state index in [9.17, 15) is 0 Å². The van der Waals surface area contributed by atoms with Crippen molar-refractivity contribution < 1.29 is 4.57 Å². The van der Waals surface area contributed by atoms with Gasteiger partial charge in [0, 0.05) is 22.3 Å². The maximum Gasteiger partial charge on any atom is 0.175 e. The number of aryl methyl sites for hydroxylation is 1. The Balaban J connectivity index is 1.33. The van der Waals surface area contributed by atoms with Gasteiger partial charge in [-0.05, 0) is 69.4 Å². The highest BCUT2D eigenvalue weighted by Gasteiger charge is 2.39. The van der Waals surface area contributed by atoms with Crippen LogP contribution >= 0.6 is 7.14 Å². The highest BCUT2D eigenvalue weighted by atomic mass is 31.2. The molecule has 0 amide bonds. The Morgan fingerprint density at radius 1 is 0.610 bits per heavy atom. The summed E-state index contributed by atoms with van der Waals surface area (Å²) in [5.74, 6) is 0.983. The third kappa shape index (κ3) is 3.59. The Labute approximate surface area is 239 Å². The number of hydrogen-bond donors (Lipinski definition) is 0. The number of rotatable bonds is 4. The molecule has 0 N–H and O–H groups in total. The number of hydrogen-bond acceptors (Lipinski definition) is 2. The number of fused-ring (bicyclic) bond motifs is 3. The Morgan fingerprint density at radius 3 is 1.95 bits per heavy atom. The summed E-state index contributed by atoms with van der Waals surface area (Å²) in [7, 11) is -3.11. The average Bonchev–Trinajstić information content (AvgIpc) is 3.43. The van der Waals surface area contributed by atoms with Gasteiger partial charge in [-0.25, -0.2) is 4.98 Å². The second kappa shape index (κ2) is 9.16. The minimum Gasteiger partial charge on any atom is -0.308 e. The summed E-state index contributed by atoms with van der Waals surface area (Å²) in [6, 6.07) is 46.2. The van der Waals surface area contributed by atoms with E-state index in [1.54, 1.807) is 0 Å². The lowest BCUT2D eigenvalue weighted by Gasteiger charge is -2.29. The summed E-state index contributed by atoms with van der Waals surface area (Å²) in [6.45, 7) is 2.13. The van der Waals surface area contributed by atoms with E-state index < -0.39 is 7.14 Å². The van der Waals surface area contributed by atoms with Crippen molar-refractivity contribution in [2.45, 2.75) is 13.3 Å². The molecule has 1 aliphatic heterocycles. The van der Waals surface area contributed by atoms with Crippen LogP contribution in [-0.2, 0) is 11.0 Å². The lowest BCUT2D eigenvalue weighted by Crippen LogP contribution is -2.33. The molecule has 0 saturated heterocycles. The van der Waals surface area contributed by atoms with Crippen LogP contribution in [0.3, 0.4) is 0 Å². The third-order valence-electron chi connectivity index (χ3n) is 8.34. The van der Waals surface area contributed by atoms with Crippen molar-refractivity contribution in [1.29, 1.82) is 0 Å². The van der Waals surface area contributed by atoms with E-state index in [0.29, 0.717) is 0 Å². The third-order valence-corrected chi connectivity index (χ3v) is 11.5. The summed E-state index contributed by atoms with van der Waals surface area (Å²) in [5, 5.41) is 4.99. The van der Waals surface area contributed by atoms with E-state index in [1.807, 2.05) is 54.6 Å². The van der Waals surface area contributed by atoms with Gasteiger partial charge in [-0.3, -0.25) is 4.57 Å². The van der Waals surface area contributed by atoms with Gasteiger partial charge >= 0.3 is 0 Å². The lowest BCUT2D eigenvalue weighted by atomic mass is 9.97. The summed E-state index contributed by atoms with van der Waals surface area (Å²) in [6.07, 6.45) is 0.785. The van der Waals surface area contributed by atoms with Gasteiger partial charge < -0.3 is 4.57 Å². The number of para-hydroxylation sites is 1. The predicted molar refractivity (Wildman–Crippen MR) is 172 cm³/mol. The Bertz CT molecular complexity index is 2160. The monoisotopic (exact) mass is 546 g/mol. The summed E-state index contributed by atoms with van der Waals surface area (Å²) < 4.78 is 17.5. The second-order valence-electron chi connectivity index (χ2n) is 10.7. The number of nitrogens with zero attached hydrogens (tertiary/aromatic N) is 2. The number of aromatic nitrogens is 2. The SMILES string of the molecule is CCc1nc2cccc3c2n1-c1cc(-c2ccc4cc(-c5ccccc5)ccc4c2)ccc1P3(=O)c1ccccc1. The zero-order valence-electron chi connectivity index (χ0n) is 22.7. The molecular formula is C37H27N2OP. The van der Waals surface area contributed by atoms with E-state index in [0.717, 1.165) is 56.0 Å². The molecule has 0 radical (unpaired) electrons. The van der Waals surface area contributed by atoms with Crippen LogP contribution in [0.2, 0.25) is 0 Å². The van der Waals surface area contributed by atoms with Crippen LogP contribution < -0.4 is 15.9 Å². The first kappa shape index (κ1) is 24.1. The van der Waals surface area contributed by atoms with Gasteiger partial charge in [0.1, 0.15) is 5.82 Å². The fraction of sp³-hybridized carbons (Fsp3) is 0.0541. The maximum absolute atomic E-state index is 15.3. The van der Waals surface area contributed by atoms with E-state index in [2.05, 4.69) is 90.4 Å². The van der Waals surface area contributed by atoms with Crippen molar-refractivity contribution >= 4 is 44.9 Å². The van der Waals surface area contributed by atoms with Crippen LogP contribution in [0.25, 0.3) is 49.7 Å². The Kier molecular flexibility index (Phi) is 5.39. The van der Waals surface area contributed by atoms with Crippen LogP contribution in [0.15, 0.2) is 133 Å². The zero-order chi connectivity index (χ0) is 27.6. The van der Waals surface area contributed by atoms with Crippen molar-refractivity contribution in [2.24, 2.45) is 0 Å². The minimum absolute atomic E-state index is 0.785. The van der Waals surface area contributed by atoms with Crippen molar-refractivity contribution in [3.05, 3.63) is 139 Å². The van der Waals surface area contributed by atoms with Crippen molar-refractivity contribution in [3.8, 4) is 27.9 Å². The molecule has 2 heterocycles. The standard InChI is InChI=1S/C37H27N2OP/c1-2-36-38-32-14-9-15-35-37(32)39(36)33-24-30(20-21-34(33)41(35,40)31-12-7-4-8-13-31)29-19-18-27-22-26(16-17-28(27)23-29)25-10-5-3-6-11-25/h3-24H,2H2,1H3. The molecule has 0 bridgehead atoms. The molecule has 6 aromatic carbocycles. The molecule has 41 heavy (non-hydrogen) atoms. The topological polar surface area (TPSA) is 34.9 Å². The van der Waals surface area contributed by atoms with Crippen LogP contribution in [0.5, 0.6) is 0 Å². The van der Waals surface area contributed by atoms with E-state index in [1.165, 1.54) is 21.9 Å². The number of benzene rings is 6. The first-order valence-corrected chi connectivity index (χ1v) is 15.8. The van der Waals surface area contributed by atoms with Gasteiger partial charge in [0.05, 0.1) is 16.7 Å². The molecule has 0 fully saturated rings. The maximum atomic E-state index is 15.3. The largest absolute Gasteiger partial charge is 0.308 e. The lowest BCUT2D eigenvalue weighted by molar-refractivity contribution is 0.592. The summed E-state index contributed by atoms with van der Waals surface area (Å²) >= 11 is 0. The van der Waals surface area contributed by atoms with Crippen molar-refractivity contribution in [3.63, 3.8) is 0 Å². The molecule has 1 aliphatic rings. The normalized spacial score (nSPS) is 15.7. The smallest absolute Gasteiger partial charge is 0.175 e. The Morgan fingerprint density at radius 2 is 1.24 bits per heavy atom. The van der Waals surface area contributed by atoms with Gasteiger partial charge in [-0.1, -0.05) is 104 Å². The van der Waals surface area contributed by atoms with Gasteiger partial charge in [0.2, 0.25) is 0 Å². The Hall–Kier alpha value is -4.72. The van der Waals surface area contributed by atoms with Gasteiger partial charge in [0.15, 0.2) is 7.14 Å². The van der Waals surface area contributed by atoms with Gasteiger partial charge in [0.25, 0.3) is 0 Å². The van der Waals surface area contributed by atoms with Gasteiger partial charge in [-0.15, -0.1) is 0 Å². The quantitative estimate of drug-likeness (QED) is 0.210. The first-order valence-electron chi connectivity index (χ1n) is 14.1. The molecule has 1 atom stereocenters. The van der Waals surface area contributed by atoms with Crippen molar-refractivity contribution in [2.75, 3.05) is 0 Å². The highest BCUT2D eigenvalue weighted by Crippen LogP contribution is 2.49. The highest BCUT2D eigenvalue weighted by molar-refractivity contribution is 7.86. The predicted octanol–water partition coefficient (Wildman–Crippen LogP) is 8.03. The molecule has 8 rings (SSSR count). The van der Waals surface area contributed by atoms with Crippen molar-refractivity contribution in [1.82, 2.24) is 9.55 Å².